The fourth-order valence-electron chi connectivity index (χ4n) is 4.68. The van der Waals surface area contributed by atoms with Crippen LogP contribution in [0.3, 0.4) is 0 Å². The molecule has 0 aliphatic carbocycles. The van der Waals surface area contributed by atoms with Crippen LogP contribution in [0.15, 0.2) is 112 Å². The summed E-state index contributed by atoms with van der Waals surface area (Å²) in [7, 11) is -4.22. The quantitative estimate of drug-likeness (QED) is 0.188. The van der Waals surface area contributed by atoms with Gasteiger partial charge in [0, 0.05) is 24.0 Å². The van der Waals surface area contributed by atoms with Crippen molar-refractivity contribution in [3.63, 3.8) is 0 Å². The minimum absolute atomic E-state index is 0.0221. The van der Waals surface area contributed by atoms with Crippen LogP contribution in [0.25, 0.3) is 0 Å². The number of amides is 2. The van der Waals surface area contributed by atoms with Crippen LogP contribution in [-0.2, 0) is 32.6 Å². The molecule has 1 atom stereocenters. The summed E-state index contributed by atoms with van der Waals surface area (Å²) in [5.41, 5.74) is 2.69. The summed E-state index contributed by atoms with van der Waals surface area (Å²) in [6, 6.07) is 28.8. The molecule has 2 amide bonds. The van der Waals surface area contributed by atoms with Crippen molar-refractivity contribution in [3.05, 3.63) is 129 Å². The van der Waals surface area contributed by atoms with E-state index in [0.29, 0.717) is 6.54 Å². The standard InChI is InChI=1S/C33H33BrClN3O4S/c1-3-36-33(40)31(21-25-10-5-4-6-11-25)37(22-26-12-9-13-27(34)20-26)32(39)23-38(30-15-8-7-14-29(30)35)43(41,42)28-18-16-24(2)17-19-28/h4-20,31H,3,21-23H2,1-2H3,(H,36,40). The monoisotopic (exact) mass is 681 g/mol. The number of benzene rings is 4. The minimum Gasteiger partial charge on any atom is -0.355 e. The van der Waals surface area contributed by atoms with E-state index in [4.69, 9.17) is 11.6 Å². The smallest absolute Gasteiger partial charge is 0.264 e. The second kappa shape index (κ2) is 14.7. The molecule has 7 nitrogen and oxygen atoms in total. The Morgan fingerprint density at radius 3 is 2.19 bits per heavy atom. The zero-order chi connectivity index (χ0) is 31.0. The highest BCUT2D eigenvalue weighted by Crippen LogP contribution is 2.31. The Labute approximate surface area is 266 Å². The van der Waals surface area contributed by atoms with Crippen LogP contribution in [-0.4, -0.2) is 44.3 Å². The van der Waals surface area contributed by atoms with Crippen LogP contribution in [0.2, 0.25) is 5.02 Å². The molecule has 10 heteroatoms. The van der Waals surface area contributed by atoms with Gasteiger partial charge in [0.2, 0.25) is 11.8 Å². The van der Waals surface area contributed by atoms with E-state index in [1.54, 1.807) is 36.4 Å². The molecule has 1 N–H and O–H groups in total. The molecule has 0 aliphatic heterocycles. The Morgan fingerprint density at radius 2 is 1.53 bits per heavy atom. The van der Waals surface area contributed by atoms with E-state index < -0.39 is 28.5 Å². The second-order valence-electron chi connectivity index (χ2n) is 10.0. The van der Waals surface area contributed by atoms with E-state index in [1.165, 1.54) is 17.0 Å². The van der Waals surface area contributed by atoms with Crippen LogP contribution in [0, 0.1) is 6.92 Å². The fourth-order valence-corrected chi connectivity index (χ4v) is 6.85. The number of sulfonamides is 1. The average Bonchev–Trinajstić information content (AvgIpc) is 2.99. The summed E-state index contributed by atoms with van der Waals surface area (Å²) < 4.78 is 30.0. The molecule has 43 heavy (non-hydrogen) atoms. The third kappa shape index (κ3) is 8.25. The summed E-state index contributed by atoms with van der Waals surface area (Å²) in [5.74, 6) is -0.886. The van der Waals surface area contributed by atoms with Gasteiger partial charge in [-0.1, -0.05) is 99.8 Å². The third-order valence-corrected chi connectivity index (χ3v) is 9.46. The van der Waals surface area contributed by atoms with Crippen LogP contribution in [0.4, 0.5) is 5.69 Å². The molecule has 224 valence electrons. The first-order valence-corrected chi connectivity index (χ1v) is 16.4. The number of halogens is 2. The van der Waals surface area contributed by atoms with Gasteiger partial charge in [-0.3, -0.25) is 13.9 Å². The largest absolute Gasteiger partial charge is 0.355 e. The molecule has 1 unspecified atom stereocenters. The van der Waals surface area contributed by atoms with Gasteiger partial charge < -0.3 is 10.2 Å². The topological polar surface area (TPSA) is 86.8 Å². The predicted molar refractivity (Wildman–Crippen MR) is 174 cm³/mol. The number of para-hydroxylation sites is 1. The number of anilines is 1. The molecule has 0 spiro atoms. The number of likely N-dealkylation sites (N-methyl/N-ethyl adjacent to an activating group) is 1. The number of nitrogens with zero attached hydrogens (tertiary/aromatic N) is 2. The van der Waals surface area contributed by atoms with Gasteiger partial charge in [-0.15, -0.1) is 0 Å². The Kier molecular flexibility index (Phi) is 11.0. The lowest BCUT2D eigenvalue weighted by Gasteiger charge is -2.34. The summed E-state index contributed by atoms with van der Waals surface area (Å²) in [6.45, 7) is 3.55. The Hall–Kier alpha value is -3.66. The molecule has 4 aromatic carbocycles. The van der Waals surface area contributed by atoms with Crippen molar-refractivity contribution in [2.75, 3.05) is 17.4 Å². The highest BCUT2D eigenvalue weighted by atomic mass is 79.9. The van der Waals surface area contributed by atoms with Crippen molar-refractivity contribution >= 4 is 55.1 Å². The zero-order valence-corrected chi connectivity index (χ0v) is 27.1. The van der Waals surface area contributed by atoms with Crippen LogP contribution >= 0.6 is 27.5 Å². The number of aryl methyl sites for hydroxylation is 1. The summed E-state index contributed by atoms with van der Waals surface area (Å²) in [6.07, 6.45) is 0.239. The molecular formula is C33H33BrClN3O4S. The average molecular weight is 683 g/mol. The number of hydrogen-bond donors (Lipinski definition) is 1. The molecule has 0 saturated carbocycles. The SMILES string of the molecule is CCNC(=O)C(Cc1ccccc1)N(Cc1cccc(Br)c1)C(=O)CN(c1ccccc1Cl)S(=O)(=O)c1ccc(C)cc1. The first-order chi connectivity index (χ1) is 20.6. The lowest BCUT2D eigenvalue weighted by atomic mass is 10.0. The highest BCUT2D eigenvalue weighted by Gasteiger charge is 2.35. The first kappa shape index (κ1) is 32.3. The highest BCUT2D eigenvalue weighted by molar-refractivity contribution is 9.10. The number of carbonyl (C=O) groups is 2. The lowest BCUT2D eigenvalue weighted by molar-refractivity contribution is -0.140. The van der Waals surface area contributed by atoms with Gasteiger partial charge in [-0.25, -0.2) is 8.42 Å². The molecule has 0 radical (unpaired) electrons. The van der Waals surface area contributed by atoms with Crippen LogP contribution < -0.4 is 9.62 Å². The van der Waals surface area contributed by atoms with E-state index >= 15 is 0 Å². The number of carbonyl (C=O) groups excluding carboxylic acids is 2. The van der Waals surface area contributed by atoms with E-state index in [1.807, 2.05) is 68.4 Å². The van der Waals surface area contributed by atoms with Crippen LogP contribution in [0.5, 0.6) is 0 Å². The van der Waals surface area contributed by atoms with Crippen molar-refractivity contribution in [2.45, 2.75) is 37.8 Å². The van der Waals surface area contributed by atoms with E-state index in [-0.39, 0.29) is 34.5 Å². The first-order valence-electron chi connectivity index (χ1n) is 13.8. The molecule has 0 heterocycles. The summed E-state index contributed by atoms with van der Waals surface area (Å²) >= 11 is 9.99. The Balaban J connectivity index is 1.80. The second-order valence-corrected chi connectivity index (χ2v) is 13.2. The molecule has 0 fully saturated rings. The van der Waals surface area contributed by atoms with Crippen molar-refractivity contribution < 1.29 is 18.0 Å². The number of hydrogen-bond acceptors (Lipinski definition) is 4. The fraction of sp³-hybridized carbons (Fsp3) is 0.212. The van der Waals surface area contributed by atoms with Gasteiger partial charge in [-0.2, -0.15) is 0 Å². The Bertz CT molecular complexity index is 1670. The van der Waals surface area contributed by atoms with E-state index in [2.05, 4.69) is 21.2 Å². The van der Waals surface area contributed by atoms with Gasteiger partial charge in [0.05, 0.1) is 15.6 Å². The maximum absolute atomic E-state index is 14.4. The molecule has 4 aromatic rings. The molecule has 0 saturated heterocycles. The summed E-state index contributed by atoms with van der Waals surface area (Å²) in [4.78, 5) is 29.4. The van der Waals surface area contributed by atoms with Crippen LogP contribution in [0.1, 0.15) is 23.6 Å². The minimum atomic E-state index is -4.22. The number of rotatable bonds is 12. The van der Waals surface area contributed by atoms with Gasteiger partial charge in [0.25, 0.3) is 10.0 Å². The van der Waals surface area contributed by atoms with Crippen molar-refractivity contribution in [1.82, 2.24) is 10.2 Å². The summed E-state index contributed by atoms with van der Waals surface area (Å²) in [5, 5.41) is 3.03. The van der Waals surface area contributed by atoms with Gasteiger partial charge in [0.1, 0.15) is 12.6 Å². The predicted octanol–water partition coefficient (Wildman–Crippen LogP) is 6.38. The molecule has 0 bridgehead atoms. The van der Waals surface area contributed by atoms with E-state index in [0.717, 1.165) is 25.5 Å². The van der Waals surface area contributed by atoms with Crippen molar-refractivity contribution in [2.24, 2.45) is 0 Å². The maximum atomic E-state index is 14.4. The molecule has 0 aliphatic rings. The third-order valence-electron chi connectivity index (χ3n) is 6.87. The number of nitrogens with one attached hydrogen (secondary N) is 1. The normalized spacial score (nSPS) is 11.9. The van der Waals surface area contributed by atoms with Gasteiger partial charge in [0.15, 0.2) is 0 Å². The molecule has 4 rings (SSSR count). The lowest BCUT2D eigenvalue weighted by Crippen LogP contribution is -2.53. The van der Waals surface area contributed by atoms with Gasteiger partial charge >= 0.3 is 0 Å². The van der Waals surface area contributed by atoms with Crippen molar-refractivity contribution in [3.8, 4) is 0 Å². The van der Waals surface area contributed by atoms with Crippen molar-refractivity contribution in [1.29, 1.82) is 0 Å². The molecular weight excluding hydrogens is 650 g/mol. The Morgan fingerprint density at radius 1 is 0.884 bits per heavy atom. The maximum Gasteiger partial charge on any atom is 0.264 e. The van der Waals surface area contributed by atoms with Gasteiger partial charge in [-0.05, 0) is 61.4 Å². The molecule has 0 aromatic heterocycles. The van der Waals surface area contributed by atoms with E-state index in [9.17, 15) is 18.0 Å². The zero-order valence-electron chi connectivity index (χ0n) is 23.9.